The number of benzene rings is 1. The van der Waals surface area contributed by atoms with E-state index in [9.17, 15) is 19.5 Å². The second-order valence-corrected chi connectivity index (χ2v) is 12.2. The van der Waals surface area contributed by atoms with E-state index in [1.807, 2.05) is 19.1 Å². The molecule has 12 nitrogen and oxygen atoms in total. The van der Waals surface area contributed by atoms with Crippen LogP contribution < -0.4 is 5.32 Å². The predicted molar refractivity (Wildman–Crippen MR) is 156 cm³/mol. The highest BCUT2D eigenvalue weighted by atomic mass is 79.9. The number of aromatic nitrogens is 6. The first-order valence-corrected chi connectivity index (χ1v) is 14.4. The molecule has 216 valence electrons. The normalized spacial score (nSPS) is 21.7. The van der Waals surface area contributed by atoms with Crippen LogP contribution in [0.25, 0.3) is 22.0 Å². The standard InChI is InChI=1S/C29H29BrN8O4/c1-14-5-17(18-9-32-27(16(3)40)33-10-18)6-19-25(15(2)39)36-37(26(14)19)13-24(41)38-20(7-29(4)8-21(29)38)28(42)35-23-12-31-11-22(30)34-23/h5-6,9-12,16,20-21,40H,7-8,13H2,1-4H3,(H,34,35,42)/t16?,20-,21+,29-/m0/s1. The van der Waals surface area contributed by atoms with E-state index in [1.165, 1.54) is 19.3 Å². The van der Waals surface area contributed by atoms with Crippen molar-refractivity contribution in [1.82, 2.24) is 34.6 Å². The van der Waals surface area contributed by atoms with E-state index in [1.54, 1.807) is 28.9 Å². The van der Waals surface area contributed by atoms with Gasteiger partial charge < -0.3 is 15.3 Å². The number of hydrogen-bond acceptors (Lipinski definition) is 9. The largest absolute Gasteiger partial charge is 0.385 e. The minimum absolute atomic E-state index is 0.0410. The van der Waals surface area contributed by atoms with Crippen LogP contribution in [0.5, 0.6) is 0 Å². The Labute approximate surface area is 249 Å². The Morgan fingerprint density at radius 2 is 1.88 bits per heavy atom. The van der Waals surface area contributed by atoms with Crippen molar-refractivity contribution in [3.8, 4) is 11.1 Å². The van der Waals surface area contributed by atoms with Crippen LogP contribution >= 0.6 is 15.9 Å². The maximum atomic E-state index is 13.9. The monoisotopic (exact) mass is 632 g/mol. The van der Waals surface area contributed by atoms with Gasteiger partial charge in [-0.05, 0) is 71.3 Å². The molecule has 1 saturated heterocycles. The van der Waals surface area contributed by atoms with E-state index in [-0.39, 0.29) is 41.3 Å². The number of carbonyl (C=O) groups is 3. The number of amides is 2. The predicted octanol–water partition coefficient (Wildman–Crippen LogP) is 3.63. The first-order chi connectivity index (χ1) is 19.9. The molecule has 4 aromatic rings. The number of aryl methyl sites for hydroxylation is 1. The minimum Gasteiger partial charge on any atom is -0.385 e. The molecule has 1 aliphatic carbocycles. The molecule has 2 amide bonds. The van der Waals surface area contributed by atoms with E-state index in [0.29, 0.717) is 33.6 Å². The van der Waals surface area contributed by atoms with E-state index in [4.69, 9.17) is 0 Å². The molecular formula is C29H29BrN8O4. The lowest BCUT2D eigenvalue weighted by Gasteiger charge is -2.27. The number of aliphatic hydroxyl groups excluding tert-OH is 1. The summed E-state index contributed by atoms with van der Waals surface area (Å²) in [4.78, 5) is 58.2. The van der Waals surface area contributed by atoms with Crippen molar-refractivity contribution in [1.29, 1.82) is 0 Å². The summed E-state index contributed by atoms with van der Waals surface area (Å²) in [6.45, 7) is 6.90. The van der Waals surface area contributed by atoms with Gasteiger partial charge in [0.05, 0.1) is 17.9 Å². The van der Waals surface area contributed by atoms with Gasteiger partial charge in [-0.15, -0.1) is 0 Å². The zero-order valence-electron chi connectivity index (χ0n) is 23.5. The number of hydrogen-bond donors (Lipinski definition) is 2. The average Bonchev–Trinajstić information content (AvgIpc) is 3.29. The fourth-order valence-electron chi connectivity index (χ4n) is 5.95. The van der Waals surface area contributed by atoms with E-state index >= 15 is 0 Å². The van der Waals surface area contributed by atoms with Crippen molar-refractivity contribution in [2.75, 3.05) is 5.32 Å². The Hall–Kier alpha value is -4.10. The quantitative estimate of drug-likeness (QED) is 0.290. The molecule has 1 aromatic carbocycles. The highest BCUT2D eigenvalue weighted by Crippen LogP contribution is 2.59. The molecule has 2 N–H and O–H groups in total. The number of carbonyl (C=O) groups excluding carboxylic acids is 3. The Morgan fingerprint density at radius 1 is 1.14 bits per heavy atom. The van der Waals surface area contributed by atoms with Gasteiger partial charge in [-0.1, -0.05) is 6.92 Å². The summed E-state index contributed by atoms with van der Waals surface area (Å²) >= 11 is 3.26. The molecule has 0 radical (unpaired) electrons. The van der Waals surface area contributed by atoms with Crippen LogP contribution in [0.4, 0.5) is 5.82 Å². The van der Waals surface area contributed by atoms with Crippen molar-refractivity contribution in [2.45, 2.75) is 65.3 Å². The number of piperidine rings is 1. The number of anilines is 1. The van der Waals surface area contributed by atoms with Gasteiger partial charge in [0, 0.05) is 36.3 Å². The number of likely N-dealkylation sites (tertiary alicyclic amines) is 1. The van der Waals surface area contributed by atoms with Crippen LogP contribution in [0.15, 0.2) is 41.5 Å². The number of halogens is 1. The van der Waals surface area contributed by atoms with E-state index in [0.717, 1.165) is 23.1 Å². The van der Waals surface area contributed by atoms with Crippen molar-refractivity contribution in [3.05, 3.63) is 58.6 Å². The summed E-state index contributed by atoms with van der Waals surface area (Å²) < 4.78 is 2.05. The first-order valence-electron chi connectivity index (χ1n) is 13.6. The molecule has 2 aliphatic rings. The second kappa shape index (κ2) is 10.3. The topological polar surface area (TPSA) is 156 Å². The molecule has 4 heterocycles. The highest BCUT2D eigenvalue weighted by Gasteiger charge is 2.64. The van der Waals surface area contributed by atoms with Crippen molar-refractivity contribution < 1.29 is 19.5 Å². The molecule has 42 heavy (non-hydrogen) atoms. The van der Waals surface area contributed by atoms with Crippen LogP contribution in [-0.2, 0) is 16.1 Å². The third kappa shape index (κ3) is 4.96. The van der Waals surface area contributed by atoms with E-state index < -0.39 is 12.1 Å². The zero-order chi connectivity index (χ0) is 29.9. The minimum atomic E-state index is -0.785. The fraction of sp³-hybridized carbons (Fsp3) is 0.379. The lowest BCUT2D eigenvalue weighted by molar-refractivity contribution is -0.138. The lowest BCUT2D eigenvalue weighted by Crippen LogP contribution is -2.46. The van der Waals surface area contributed by atoms with Crippen LogP contribution in [0.3, 0.4) is 0 Å². The van der Waals surface area contributed by atoms with Crippen LogP contribution in [-0.4, -0.2) is 69.4 Å². The number of nitrogens with zero attached hydrogens (tertiary/aromatic N) is 7. The summed E-state index contributed by atoms with van der Waals surface area (Å²) in [6.07, 6.45) is 6.82. The molecule has 0 spiro atoms. The molecule has 13 heteroatoms. The van der Waals surface area contributed by atoms with Crippen molar-refractivity contribution in [3.63, 3.8) is 0 Å². The fourth-order valence-corrected chi connectivity index (χ4v) is 6.26. The Balaban J connectivity index is 1.31. The maximum absolute atomic E-state index is 13.9. The zero-order valence-corrected chi connectivity index (χ0v) is 25.1. The van der Waals surface area contributed by atoms with Gasteiger partial charge in [-0.3, -0.25) is 24.0 Å². The average molecular weight is 634 g/mol. The molecule has 1 aliphatic heterocycles. The van der Waals surface area contributed by atoms with Crippen molar-refractivity contribution >= 4 is 50.2 Å². The summed E-state index contributed by atoms with van der Waals surface area (Å²) in [5.74, 6) is -0.173. The number of nitrogens with one attached hydrogen (secondary N) is 1. The SMILES string of the molecule is CC(=O)c1nn(CC(=O)N2[C@H](C(=O)Nc3cncc(Br)n3)C[C@@]3(C)C[C@@H]23)c2c(C)cc(-c3cnc(C(C)O)nc3)cc12. The van der Waals surface area contributed by atoms with Gasteiger partial charge in [0.15, 0.2) is 17.4 Å². The molecule has 0 bridgehead atoms. The molecular weight excluding hydrogens is 604 g/mol. The number of Topliss-reactive ketones (excluding diaryl/α,β-unsaturated/α-hetero) is 1. The third-order valence-corrected chi connectivity index (χ3v) is 8.50. The summed E-state index contributed by atoms with van der Waals surface area (Å²) in [5.41, 5.74) is 3.12. The first kappa shape index (κ1) is 28.0. The summed E-state index contributed by atoms with van der Waals surface area (Å²) in [7, 11) is 0. The number of fused-ring (bicyclic) bond motifs is 2. The number of aliphatic hydroxyl groups is 1. The molecule has 1 unspecified atom stereocenters. The third-order valence-electron chi connectivity index (χ3n) is 8.11. The van der Waals surface area contributed by atoms with Crippen LogP contribution in [0.2, 0.25) is 0 Å². The maximum Gasteiger partial charge on any atom is 0.248 e. The Morgan fingerprint density at radius 3 is 2.55 bits per heavy atom. The van der Waals surface area contributed by atoms with Gasteiger partial charge in [-0.2, -0.15) is 5.10 Å². The molecule has 3 aromatic heterocycles. The van der Waals surface area contributed by atoms with Gasteiger partial charge in [0.2, 0.25) is 11.8 Å². The van der Waals surface area contributed by atoms with Gasteiger partial charge in [-0.25, -0.2) is 15.0 Å². The summed E-state index contributed by atoms with van der Waals surface area (Å²) in [5, 5.41) is 17.7. The van der Waals surface area contributed by atoms with Gasteiger partial charge >= 0.3 is 0 Å². The van der Waals surface area contributed by atoms with Crippen LogP contribution in [0.1, 0.15) is 61.6 Å². The smallest absolute Gasteiger partial charge is 0.248 e. The summed E-state index contributed by atoms with van der Waals surface area (Å²) in [6, 6.07) is 3.07. The highest BCUT2D eigenvalue weighted by molar-refractivity contribution is 9.10. The van der Waals surface area contributed by atoms with Gasteiger partial charge in [0.25, 0.3) is 0 Å². The molecule has 4 atom stereocenters. The van der Waals surface area contributed by atoms with Crippen LogP contribution in [0, 0.1) is 12.3 Å². The molecule has 6 rings (SSSR count). The molecule has 1 saturated carbocycles. The molecule has 2 fully saturated rings. The number of ketones is 1. The Kier molecular flexibility index (Phi) is 6.89. The second-order valence-electron chi connectivity index (χ2n) is 11.4. The lowest BCUT2D eigenvalue weighted by atomic mass is 10.0. The van der Waals surface area contributed by atoms with Gasteiger partial charge in [0.1, 0.15) is 29.0 Å². The van der Waals surface area contributed by atoms with Crippen molar-refractivity contribution in [2.24, 2.45) is 5.41 Å². The van der Waals surface area contributed by atoms with E-state index in [2.05, 4.69) is 53.2 Å². The number of rotatable bonds is 7. The Bertz CT molecular complexity index is 1750.